The maximum absolute atomic E-state index is 12.0. The minimum absolute atomic E-state index is 0.206. The summed E-state index contributed by atoms with van der Waals surface area (Å²) >= 11 is 0. The van der Waals surface area contributed by atoms with Crippen molar-refractivity contribution in [3.8, 4) is 0 Å². The van der Waals surface area contributed by atoms with Crippen LogP contribution in [-0.4, -0.2) is 37.0 Å². The Morgan fingerprint density at radius 3 is 2.76 bits per heavy atom. The molecule has 3 heteroatoms. The Balaban J connectivity index is 1.61. The Morgan fingerprint density at radius 2 is 2.05 bits per heavy atom. The van der Waals surface area contributed by atoms with E-state index in [4.69, 9.17) is 0 Å². The van der Waals surface area contributed by atoms with Crippen molar-refractivity contribution >= 4 is 5.91 Å². The van der Waals surface area contributed by atoms with Crippen molar-refractivity contribution < 1.29 is 4.79 Å². The van der Waals surface area contributed by atoms with Crippen molar-refractivity contribution in [2.24, 2.45) is 0 Å². The Morgan fingerprint density at radius 1 is 1.29 bits per heavy atom. The summed E-state index contributed by atoms with van der Waals surface area (Å²) in [6.45, 7) is 4.01. The van der Waals surface area contributed by atoms with Crippen LogP contribution in [0.5, 0.6) is 0 Å². The summed E-state index contributed by atoms with van der Waals surface area (Å²) in [7, 11) is 2.13. The molecule has 0 aromatic heterocycles. The third-order valence-corrected chi connectivity index (χ3v) is 4.43. The van der Waals surface area contributed by atoms with E-state index in [-0.39, 0.29) is 5.91 Å². The fourth-order valence-electron chi connectivity index (χ4n) is 2.96. The molecular formula is C18H28N2O. The van der Waals surface area contributed by atoms with Crippen LogP contribution in [0, 0.1) is 6.92 Å². The Kier molecular flexibility index (Phi) is 6.24. The van der Waals surface area contributed by atoms with Gasteiger partial charge in [-0.2, -0.15) is 0 Å². The van der Waals surface area contributed by atoms with Crippen molar-refractivity contribution in [2.45, 2.75) is 51.5 Å². The average Bonchev–Trinajstić information content (AvgIpc) is 2.48. The summed E-state index contributed by atoms with van der Waals surface area (Å²) in [6, 6.07) is 9.08. The number of hydrogen-bond acceptors (Lipinski definition) is 2. The Hall–Kier alpha value is -1.35. The summed E-state index contributed by atoms with van der Waals surface area (Å²) in [5, 5.41) is 3.07. The lowest BCUT2D eigenvalue weighted by Gasteiger charge is -2.31. The van der Waals surface area contributed by atoms with Crippen molar-refractivity contribution in [3.63, 3.8) is 0 Å². The fraction of sp³-hybridized carbons (Fsp3) is 0.611. The van der Waals surface area contributed by atoms with Crippen LogP contribution in [0.25, 0.3) is 0 Å². The van der Waals surface area contributed by atoms with E-state index in [0.717, 1.165) is 32.4 Å². The molecule has 1 aliphatic rings. The van der Waals surface area contributed by atoms with Crippen LogP contribution in [0.15, 0.2) is 24.3 Å². The van der Waals surface area contributed by atoms with Gasteiger partial charge in [0.2, 0.25) is 5.91 Å². The molecule has 1 atom stereocenters. The van der Waals surface area contributed by atoms with Crippen LogP contribution in [0.2, 0.25) is 0 Å². The van der Waals surface area contributed by atoms with Gasteiger partial charge in [0.1, 0.15) is 0 Å². The minimum Gasteiger partial charge on any atom is -0.356 e. The molecule has 1 heterocycles. The molecular weight excluding hydrogens is 260 g/mol. The first-order valence-corrected chi connectivity index (χ1v) is 8.17. The second-order valence-corrected chi connectivity index (χ2v) is 6.27. The number of nitrogens with one attached hydrogen (secondary N) is 1. The number of nitrogens with zero attached hydrogens (tertiary/aromatic N) is 1. The first-order valence-electron chi connectivity index (χ1n) is 8.17. The molecule has 1 amide bonds. The van der Waals surface area contributed by atoms with Crippen LogP contribution in [-0.2, 0) is 11.2 Å². The topological polar surface area (TPSA) is 32.3 Å². The molecule has 0 bridgehead atoms. The zero-order chi connectivity index (χ0) is 15.1. The lowest BCUT2D eigenvalue weighted by Crippen LogP contribution is -2.40. The molecule has 1 aromatic rings. The first kappa shape index (κ1) is 16.0. The molecule has 0 radical (unpaired) electrons. The lowest BCUT2D eigenvalue weighted by atomic mass is 10.00. The van der Waals surface area contributed by atoms with Crippen molar-refractivity contribution in [1.82, 2.24) is 10.2 Å². The quantitative estimate of drug-likeness (QED) is 0.816. The van der Waals surface area contributed by atoms with Gasteiger partial charge in [-0.1, -0.05) is 36.2 Å². The van der Waals surface area contributed by atoms with Crippen LogP contribution in [0.1, 0.15) is 43.2 Å². The number of hydrogen-bond donors (Lipinski definition) is 1. The number of carbonyl (C=O) groups is 1. The van der Waals surface area contributed by atoms with Gasteiger partial charge < -0.3 is 10.2 Å². The minimum atomic E-state index is 0.206. The van der Waals surface area contributed by atoms with E-state index in [9.17, 15) is 4.79 Å². The highest BCUT2D eigenvalue weighted by atomic mass is 16.1. The predicted octanol–water partition coefficient (Wildman–Crippen LogP) is 2.92. The number of benzene rings is 1. The molecule has 0 unspecified atom stereocenters. The number of aryl methyl sites for hydroxylation is 2. The highest BCUT2D eigenvalue weighted by Crippen LogP contribution is 2.17. The van der Waals surface area contributed by atoms with E-state index in [1.165, 1.54) is 24.0 Å². The molecule has 3 nitrogen and oxygen atoms in total. The highest BCUT2D eigenvalue weighted by molar-refractivity contribution is 5.76. The van der Waals surface area contributed by atoms with E-state index in [0.29, 0.717) is 12.5 Å². The predicted molar refractivity (Wildman–Crippen MR) is 87.4 cm³/mol. The molecule has 0 saturated carbocycles. The van der Waals surface area contributed by atoms with Crippen molar-refractivity contribution in [1.29, 1.82) is 0 Å². The molecule has 0 spiro atoms. The number of rotatable bonds is 6. The van der Waals surface area contributed by atoms with E-state index < -0.39 is 0 Å². The summed E-state index contributed by atoms with van der Waals surface area (Å²) in [5.74, 6) is 0.206. The summed E-state index contributed by atoms with van der Waals surface area (Å²) in [4.78, 5) is 14.3. The molecule has 2 rings (SSSR count). The fourth-order valence-corrected chi connectivity index (χ4v) is 2.96. The zero-order valence-electron chi connectivity index (χ0n) is 13.4. The largest absolute Gasteiger partial charge is 0.356 e. The van der Waals surface area contributed by atoms with Gasteiger partial charge in [0, 0.05) is 19.0 Å². The third-order valence-electron chi connectivity index (χ3n) is 4.43. The Labute approximate surface area is 128 Å². The molecule has 0 aliphatic carbocycles. The van der Waals surface area contributed by atoms with Gasteiger partial charge in [-0.05, 0) is 51.8 Å². The molecule has 21 heavy (non-hydrogen) atoms. The van der Waals surface area contributed by atoms with Crippen LogP contribution in [0.3, 0.4) is 0 Å². The van der Waals surface area contributed by atoms with Crippen LogP contribution >= 0.6 is 0 Å². The van der Waals surface area contributed by atoms with Gasteiger partial charge >= 0.3 is 0 Å². The number of carbonyl (C=O) groups excluding carboxylic acids is 1. The van der Waals surface area contributed by atoms with E-state index in [1.807, 2.05) is 0 Å². The molecule has 1 aromatic carbocycles. The standard InChI is InChI=1S/C18H28N2O/c1-15-8-10-16(11-9-15)6-5-12-19-18(21)14-17-7-3-4-13-20(17)2/h8-11,17H,3-7,12-14H2,1-2H3,(H,19,21)/t17-/m1/s1. The summed E-state index contributed by atoms with van der Waals surface area (Å²) in [5.41, 5.74) is 2.64. The van der Waals surface area contributed by atoms with Crippen LogP contribution < -0.4 is 5.32 Å². The van der Waals surface area contributed by atoms with Gasteiger partial charge in [-0.3, -0.25) is 4.79 Å². The van der Waals surface area contributed by atoms with E-state index in [2.05, 4.69) is 48.5 Å². The van der Waals surface area contributed by atoms with Gasteiger partial charge in [0.05, 0.1) is 0 Å². The second kappa shape index (κ2) is 8.18. The number of likely N-dealkylation sites (tertiary alicyclic amines) is 1. The van der Waals surface area contributed by atoms with Gasteiger partial charge in [0.15, 0.2) is 0 Å². The SMILES string of the molecule is Cc1ccc(CCCNC(=O)C[C@H]2CCCCN2C)cc1. The summed E-state index contributed by atoms with van der Waals surface area (Å²) in [6.07, 6.45) is 6.38. The molecule has 1 fully saturated rings. The molecule has 116 valence electrons. The lowest BCUT2D eigenvalue weighted by molar-refractivity contribution is -0.122. The molecule has 1 saturated heterocycles. The van der Waals surface area contributed by atoms with Crippen LogP contribution in [0.4, 0.5) is 0 Å². The maximum atomic E-state index is 12.0. The second-order valence-electron chi connectivity index (χ2n) is 6.27. The number of piperidine rings is 1. The van der Waals surface area contributed by atoms with Gasteiger partial charge in [-0.25, -0.2) is 0 Å². The maximum Gasteiger partial charge on any atom is 0.221 e. The summed E-state index contributed by atoms with van der Waals surface area (Å²) < 4.78 is 0. The average molecular weight is 288 g/mol. The highest BCUT2D eigenvalue weighted by Gasteiger charge is 2.21. The normalized spacial score (nSPS) is 19.4. The van der Waals surface area contributed by atoms with Gasteiger partial charge in [0.25, 0.3) is 0 Å². The molecule has 1 aliphatic heterocycles. The first-order chi connectivity index (χ1) is 10.1. The number of amides is 1. The van der Waals surface area contributed by atoms with Gasteiger partial charge in [-0.15, -0.1) is 0 Å². The zero-order valence-corrected chi connectivity index (χ0v) is 13.4. The smallest absolute Gasteiger partial charge is 0.221 e. The van der Waals surface area contributed by atoms with E-state index >= 15 is 0 Å². The Bertz CT molecular complexity index is 441. The third kappa shape index (κ3) is 5.50. The monoisotopic (exact) mass is 288 g/mol. The van der Waals surface area contributed by atoms with Crippen molar-refractivity contribution in [3.05, 3.63) is 35.4 Å². The van der Waals surface area contributed by atoms with Crippen molar-refractivity contribution in [2.75, 3.05) is 20.1 Å². The van der Waals surface area contributed by atoms with E-state index in [1.54, 1.807) is 0 Å². The molecule has 1 N–H and O–H groups in total.